The molecular formula is C19H17ClN6O2. The Bertz CT molecular complexity index is 1120. The molecule has 1 aliphatic rings. The smallest absolute Gasteiger partial charge is 0.340 e. The van der Waals surface area contributed by atoms with Gasteiger partial charge < -0.3 is 4.74 Å². The number of tetrazole rings is 1. The summed E-state index contributed by atoms with van der Waals surface area (Å²) in [4.78, 5) is 12.3. The van der Waals surface area contributed by atoms with Crippen molar-refractivity contribution in [2.75, 3.05) is 0 Å². The van der Waals surface area contributed by atoms with Crippen LogP contribution in [0.2, 0.25) is 5.02 Å². The number of benzene rings is 2. The maximum absolute atomic E-state index is 12.3. The van der Waals surface area contributed by atoms with Crippen LogP contribution in [-0.4, -0.2) is 19.8 Å². The molecule has 1 aliphatic heterocycles. The Kier molecular flexibility index (Phi) is 4.66. The second-order valence-corrected chi connectivity index (χ2v) is 6.83. The summed E-state index contributed by atoms with van der Waals surface area (Å²) in [5.41, 5.74) is 1.82. The molecule has 0 spiro atoms. The van der Waals surface area contributed by atoms with Crippen LogP contribution < -0.4 is 5.69 Å². The molecule has 0 bridgehead atoms. The third-order valence-electron chi connectivity index (χ3n) is 4.60. The zero-order chi connectivity index (χ0) is 19.7. The van der Waals surface area contributed by atoms with Gasteiger partial charge in [0, 0.05) is 23.2 Å². The van der Waals surface area contributed by atoms with E-state index < -0.39 is 5.72 Å². The highest BCUT2D eigenvalue weighted by Gasteiger charge is 2.33. The van der Waals surface area contributed by atoms with E-state index in [-0.39, 0.29) is 12.3 Å². The fourth-order valence-corrected chi connectivity index (χ4v) is 3.14. The van der Waals surface area contributed by atoms with Crippen LogP contribution in [0.15, 0.2) is 69.8 Å². The summed E-state index contributed by atoms with van der Waals surface area (Å²) in [6, 6.07) is 12.9. The van der Waals surface area contributed by atoms with Crippen LogP contribution in [-0.2, 0) is 24.1 Å². The van der Waals surface area contributed by atoms with E-state index in [1.807, 2.05) is 37.3 Å². The molecule has 1 unspecified atom stereocenters. The molecule has 8 nitrogen and oxygen atoms in total. The van der Waals surface area contributed by atoms with Crippen LogP contribution >= 0.6 is 11.6 Å². The number of aryl methyl sites for hydroxylation is 2. The number of hydrogen-bond acceptors (Lipinski definition) is 6. The molecule has 0 aliphatic carbocycles. The summed E-state index contributed by atoms with van der Waals surface area (Å²) in [6.45, 7) is 2.14. The Morgan fingerprint density at radius 3 is 2.57 bits per heavy atom. The van der Waals surface area contributed by atoms with E-state index >= 15 is 0 Å². The summed E-state index contributed by atoms with van der Waals surface area (Å²) in [6.07, 6.45) is 3.38. The van der Waals surface area contributed by atoms with Crippen molar-refractivity contribution in [3.63, 3.8) is 0 Å². The van der Waals surface area contributed by atoms with Crippen molar-refractivity contribution in [2.24, 2.45) is 17.3 Å². The van der Waals surface area contributed by atoms with E-state index in [9.17, 15) is 4.79 Å². The van der Waals surface area contributed by atoms with Crippen LogP contribution in [0.4, 0.5) is 0 Å². The second kappa shape index (κ2) is 7.14. The van der Waals surface area contributed by atoms with Crippen molar-refractivity contribution < 1.29 is 4.74 Å². The van der Waals surface area contributed by atoms with Crippen molar-refractivity contribution in [1.29, 1.82) is 0 Å². The number of ether oxygens (including phenoxy) is 1. The molecule has 1 aromatic heterocycles. The van der Waals surface area contributed by atoms with E-state index in [1.54, 1.807) is 31.5 Å². The fraction of sp³-hybridized carbons (Fsp3) is 0.211. The van der Waals surface area contributed by atoms with Crippen LogP contribution in [0.3, 0.4) is 0 Å². The van der Waals surface area contributed by atoms with E-state index in [0.717, 1.165) is 16.7 Å². The van der Waals surface area contributed by atoms with Gasteiger partial charge >= 0.3 is 5.69 Å². The maximum Gasteiger partial charge on any atom is 0.368 e. The first kappa shape index (κ1) is 18.3. The van der Waals surface area contributed by atoms with Crippen molar-refractivity contribution >= 4 is 11.6 Å². The highest BCUT2D eigenvalue weighted by molar-refractivity contribution is 6.30. The molecular weight excluding hydrogens is 380 g/mol. The molecule has 3 aromatic rings. The first-order valence-corrected chi connectivity index (χ1v) is 8.95. The van der Waals surface area contributed by atoms with Crippen LogP contribution in [0.25, 0.3) is 5.69 Å². The normalized spacial score (nSPS) is 18.1. The van der Waals surface area contributed by atoms with Gasteiger partial charge in [-0.25, -0.2) is 4.79 Å². The summed E-state index contributed by atoms with van der Waals surface area (Å²) in [5.74, 6) is 0. The number of rotatable bonds is 5. The Morgan fingerprint density at radius 2 is 1.93 bits per heavy atom. The molecule has 1 atom stereocenters. The third-order valence-corrected chi connectivity index (χ3v) is 4.86. The Balaban J connectivity index is 1.71. The molecule has 0 N–H and O–H groups in total. The number of azo groups is 1. The predicted octanol–water partition coefficient (Wildman–Crippen LogP) is 3.28. The van der Waals surface area contributed by atoms with E-state index in [0.29, 0.717) is 10.7 Å². The topological polar surface area (TPSA) is 86.7 Å². The molecule has 9 heteroatoms. The van der Waals surface area contributed by atoms with Gasteiger partial charge in [-0.15, -0.1) is 5.11 Å². The standard InChI is InChI=1S/C19H17ClN6O2/c1-13-4-3-5-17(26-18(27)25(2)23-24-26)16(13)12-28-19(10-11-21-22-19)14-6-8-15(20)9-7-14/h3-11H,12H2,1-2H3. The fourth-order valence-electron chi connectivity index (χ4n) is 3.01. The van der Waals surface area contributed by atoms with Gasteiger partial charge in [0.05, 0.1) is 18.5 Å². The van der Waals surface area contributed by atoms with Crippen LogP contribution in [0.5, 0.6) is 0 Å². The second-order valence-electron chi connectivity index (χ2n) is 6.39. The zero-order valence-corrected chi connectivity index (χ0v) is 16.0. The summed E-state index contributed by atoms with van der Waals surface area (Å²) in [7, 11) is 1.55. The minimum Gasteiger partial charge on any atom is -0.340 e. The van der Waals surface area contributed by atoms with Crippen molar-refractivity contribution in [2.45, 2.75) is 19.3 Å². The third kappa shape index (κ3) is 3.17. The van der Waals surface area contributed by atoms with E-state index in [2.05, 4.69) is 20.7 Å². The van der Waals surface area contributed by atoms with Gasteiger partial charge in [-0.3, -0.25) is 0 Å². The summed E-state index contributed by atoms with van der Waals surface area (Å²) >= 11 is 6.00. The summed E-state index contributed by atoms with van der Waals surface area (Å²) in [5, 5.41) is 16.6. The van der Waals surface area contributed by atoms with E-state index in [4.69, 9.17) is 16.3 Å². The van der Waals surface area contributed by atoms with Crippen molar-refractivity contribution in [1.82, 2.24) is 19.8 Å². The highest BCUT2D eigenvalue weighted by Crippen LogP contribution is 2.35. The maximum atomic E-state index is 12.3. The van der Waals surface area contributed by atoms with Crippen molar-refractivity contribution in [3.05, 3.63) is 86.9 Å². The number of nitrogens with zero attached hydrogens (tertiary/aromatic N) is 6. The lowest BCUT2D eigenvalue weighted by Crippen LogP contribution is -2.25. The number of hydrogen-bond donors (Lipinski definition) is 0. The van der Waals surface area contributed by atoms with Gasteiger partial charge in [0.15, 0.2) is 0 Å². The minimum atomic E-state index is -1.04. The largest absolute Gasteiger partial charge is 0.368 e. The highest BCUT2D eigenvalue weighted by atomic mass is 35.5. The summed E-state index contributed by atoms with van der Waals surface area (Å²) < 4.78 is 8.66. The van der Waals surface area contributed by atoms with Crippen LogP contribution in [0.1, 0.15) is 16.7 Å². The zero-order valence-electron chi connectivity index (χ0n) is 15.3. The van der Waals surface area contributed by atoms with E-state index in [1.165, 1.54) is 9.36 Å². The lowest BCUT2D eigenvalue weighted by Gasteiger charge is -2.25. The average molecular weight is 397 g/mol. The molecule has 0 fully saturated rings. The first-order chi connectivity index (χ1) is 13.5. The van der Waals surface area contributed by atoms with Gasteiger partial charge in [0.25, 0.3) is 0 Å². The number of aromatic nitrogens is 4. The quantitative estimate of drug-likeness (QED) is 0.662. The molecule has 28 heavy (non-hydrogen) atoms. The van der Waals surface area contributed by atoms with Crippen molar-refractivity contribution in [3.8, 4) is 5.69 Å². The molecule has 0 saturated heterocycles. The van der Waals surface area contributed by atoms with Gasteiger partial charge in [0.1, 0.15) is 0 Å². The molecule has 0 amide bonds. The first-order valence-electron chi connectivity index (χ1n) is 8.58. The monoisotopic (exact) mass is 396 g/mol. The Morgan fingerprint density at radius 1 is 1.14 bits per heavy atom. The lowest BCUT2D eigenvalue weighted by molar-refractivity contribution is -0.0195. The minimum absolute atomic E-state index is 0.191. The van der Waals surface area contributed by atoms with Gasteiger partial charge in [-0.2, -0.15) is 14.5 Å². The average Bonchev–Trinajstić information content (AvgIpc) is 3.29. The Labute approximate surface area is 165 Å². The van der Waals surface area contributed by atoms with Gasteiger partial charge in [0.2, 0.25) is 5.72 Å². The van der Waals surface area contributed by atoms with Gasteiger partial charge in [-0.1, -0.05) is 35.9 Å². The molecule has 142 valence electrons. The lowest BCUT2D eigenvalue weighted by atomic mass is 10.0. The molecule has 2 aromatic carbocycles. The Hall–Kier alpha value is -3.10. The van der Waals surface area contributed by atoms with Gasteiger partial charge in [-0.05, 0) is 47.2 Å². The number of halogens is 1. The molecule has 2 heterocycles. The molecule has 0 saturated carbocycles. The van der Waals surface area contributed by atoms with Crippen LogP contribution in [0, 0.1) is 6.92 Å². The molecule has 0 radical (unpaired) electrons. The SMILES string of the molecule is Cc1cccc(-n2nnn(C)c2=O)c1COC1(c2ccc(Cl)cc2)C=CN=N1. The predicted molar refractivity (Wildman–Crippen MR) is 103 cm³/mol. The molecule has 4 rings (SSSR count).